The van der Waals surface area contributed by atoms with Gasteiger partial charge in [-0.1, -0.05) is 47.5 Å². The van der Waals surface area contributed by atoms with E-state index in [0.29, 0.717) is 30.3 Å². The zero-order chi connectivity index (χ0) is 21.8. The molecule has 3 rings (SSSR count). The van der Waals surface area contributed by atoms with Crippen LogP contribution >= 0.6 is 15.9 Å². The van der Waals surface area contributed by atoms with Crippen LogP contribution < -0.4 is 20.1 Å². The minimum Gasteiger partial charge on any atom is -0.486 e. The van der Waals surface area contributed by atoms with Gasteiger partial charge in [0.05, 0.1) is 6.04 Å². The molecule has 1 aliphatic rings. The highest BCUT2D eigenvalue weighted by molar-refractivity contribution is 9.10. The van der Waals surface area contributed by atoms with Crippen molar-refractivity contribution in [3.8, 4) is 11.5 Å². The van der Waals surface area contributed by atoms with Crippen LogP contribution in [0.15, 0.2) is 40.9 Å². The Morgan fingerprint density at radius 2 is 1.67 bits per heavy atom. The van der Waals surface area contributed by atoms with E-state index in [1.807, 2.05) is 52.0 Å². The number of halogens is 1. The molecule has 2 N–H and O–H groups in total. The Hall–Kier alpha value is -2.54. The van der Waals surface area contributed by atoms with Gasteiger partial charge in [0.15, 0.2) is 11.5 Å². The highest BCUT2D eigenvalue weighted by atomic mass is 79.9. The van der Waals surface area contributed by atoms with Gasteiger partial charge in [-0.05, 0) is 49.6 Å². The first-order chi connectivity index (χ1) is 14.3. The largest absolute Gasteiger partial charge is 0.486 e. The summed E-state index contributed by atoms with van der Waals surface area (Å²) in [7, 11) is 0. The number of carbonyl (C=O) groups excluding carboxylic acids is 2. The van der Waals surface area contributed by atoms with Crippen molar-refractivity contribution in [1.82, 2.24) is 10.6 Å². The van der Waals surface area contributed by atoms with Crippen LogP contribution in [0.2, 0.25) is 0 Å². The highest BCUT2D eigenvalue weighted by Crippen LogP contribution is 2.37. The molecule has 0 radical (unpaired) electrons. The summed E-state index contributed by atoms with van der Waals surface area (Å²) in [6, 6.07) is 10.1. The van der Waals surface area contributed by atoms with Gasteiger partial charge in [0.1, 0.15) is 19.3 Å². The minimum absolute atomic E-state index is 0.0744. The number of amides is 2. The summed E-state index contributed by atoms with van der Waals surface area (Å²) in [5, 5.41) is 5.89. The van der Waals surface area contributed by atoms with Crippen molar-refractivity contribution >= 4 is 27.7 Å². The SMILES string of the molecule is Cc1cccc(C(=O)NC(C(=O)NC(C)c2cc3c(cc2Br)OCCO3)C(C)C)c1. The molecule has 7 heteroatoms. The van der Waals surface area contributed by atoms with Crippen LogP contribution in [0.5, 0.6) is 11.5 Å². The van der Waals surface area contributed by atoms with Crippen LogP contribution in [0.4, 0.5) is 0 Å². The molecule has 30 heavy (non-hydrogen) atoms. The summed E-state index contributed by atoms with van der Waals surface area (Å²) in [6.45, 7) is 8.65. The van der Waals surface area contributed by atoms with Crippen molar-refractivity contribution in [3.63, 3.8) is 0 Å². The molecule has 2 amide bonds. The molecule has 1 heterocycles. The van der Waals surface area contributed by atoms with E-state index in [1.165, 1.54) is 0 Å². The Morgan fingerprint density at radius 3 is 2.30 bits per heavy atom. The maximum Gasteiger partial charge on any atom is 0.251 e. The second kappa shape index (κ2) is 9.51. The van der Waals surface area contributed by atoms with Crippen LogP contribution in [0.3, 0.4) is 0 Å². The average Bonchev–Trinajstić information content (AvgIpc) is 2.70. The summed E-state index contributed by atoms with van der Waals surface area (Å²) in [5.41, 5.74) is 2.40. The number of nitrogens with one attached hydrogen (secondary N) is 2. The van der Waals surface area contributed by atoms with Gasteiger partial charge in [0.25, 0.3) is 5.91 Å². The van der Waals surface area contributed by atoms with E-state index in [-0.39, 0.29) is 23.8 Å². The van der Waals surface area contributed by atoms with Crippen LogP contribution in [0.25, 0.3) is 0 Å². The first kappa shape index (κ1) is 22.2. The summed E-state index contributed by atoms with van der Waals surface area (Å²) < 4.78 is 12.1. The number of ether oxygens (including phenoxy) is 2. The van der Waals surface area contributed by atoms with Gasteiger partial charge in [-0.2, -0.15) is 0 Å². The Bertz CT molecular complexity index is 945. The fourth-order valence-electron chi connectivity index (χ4n) is 3.34. The van der Waals surface area contributed by atoms with Crippen molar-refractivity contribution in [1.29, 1.82) is 0 Å². The standard InChI is InChI=1S/C23H27BrN2O4/c1-13(2)21(26-22(27)16-7-5-6-14(3)10-16)23(28)25-15(4)17-11-19-20(12-18(17)24)30-9-8-29-19/h5-7,10-13,15,21H,8-9H2,1-4H3,(H,25,28)(H,26,27). The Kier molecular flexibility index (Phi) is 7.02. The molecule has 0 bridgehead atoms. The van der Waals surface area contributed by atoms with E-state index in [2.05, 4.69) is 26.6 Å². The number of hydrogen-bond acceptors (Lipinski definition) is 4. The van der Waals surface area contributed by atoms with Crippen molar-refractivity contribution in [2.75, 3.05) is 13.2 Å². The van der Waals surface area contributed by atoms with E-state index >= 15 is 0 Å². The number of rotatable bonds is 6. The molecule has 160 valence electrons. The maximum absolute atomic E-state index is 13.0. The topological polar surface area (TPSA) is 76.7 Å². The predicted octanol–water partition coefficient (Wildman–Crippen LogP) is 4.16. The molecular weight excluding hydrogens is 448 g/mol. The molecule has 2 aromatic carbocycles. The third-order valence-corrected chi connectivity index (χ3v) is 5.69. The van der Waals surface area contributed by atoms with Crippen molar-refractivity contribution in [2.24, 2.45) is 5.92 Å². The zero-order valence-corrected chi connectivity index (χ0v) is 19.2. The molecule has 0 aliphatic carbocycles. The third kappa shape index (κ3) is 5.14. The lowest BCUT2D eigenvalue weighted by Crippen LogP contribution is -2.50. The maximum atomic E-state index is 13.0. The van der Waals surface area contributed by atoms with E-state index in [4.69, 9.17) is 9.47 Å². The average molecular weight is 475 g/mol. The van der Waals surface area contributed by atoms with Gasteiger partial charge in [-0.3, -0.25) is 9.59 Å². The van der Waals surface area contributed by atoms with Crippen LogP contribution in [0.1, 0.15) is 48.3 Å². The van der Waals surface area contributed by atoms with Gasteiger partial charge in [-0.15, -0.1) is 0 Å². The predicted molar refractivity (Wildman–Crippen MR) is 119 cm³/mol. The normalized spacial score (nSPS) is 14.7. The lowest BCUT2D eigenvalue weighted by Gasteiger charge is -2.26. The van der Waals surface area contributed by atoms with Crippen molar-refractivity contribution in [3.05, 3.63) is 57.6 Å². The lowest BCUT2D eigenvalue weighted by molar-refractivity contribution is -0.124. The second-order valence-electron chi connectivity index (χ2n) is 7.81. The molecule has 0 fully saturated rings. The first-order valence-corrected chi connectivity index (χ1v) is 10.8. The van der Waals surface area contributed by atoms with Crippen molar-refractivity contribution in [2.45, 2.75) is 39.8 Å². The summed E-state index contributed by atoms with van der Waals surface area (Å²) in [4.78, 5) is 25.7. The Labute approximate surface area is 185 Å². The summed E-state index contributed by atoms with van der Waals surface area (Å²) in [6.07, 6.45) is 0. The summed E-state index contributed by atoms with van der Waals surface area (Å²) >= 11 is 3.55. The monoisotopic (exact) mass is 474 g/mol. The van der Waals surface area contributed by atoms with Gasteiger partial charge >= 0.3 is 0 Å². The van der Waals surface area contributed by atoms with Gasteiger partial charge < -0.3 is 20.1 Å². The molecule has 1 aliphatic heterocycles. The number of fused-ring (bicyclic) bond motifs is 1. The fourth-order valence-corrected chi connectivity index (χ4v) is 4.00. The summed E-state index contributed by atoms with van der Waals surface area (Å²) in [5.74, 6) is 0.769. The lowest BCUT2D eigenvalue weighted by atomic mass is 10.0. The number of aryl methyl sites for hydroxylation is 1. The van der Waals surface area contributed by atoms with E-state index in [1.54, 1.807) is 12.1 Å². The van der Waals surface area contributed by atoms with Gasteiger partial charge in [-0.25, -0.2) is 0 Å². The van der Waals surface area contributed by atoms with Crippen LogP contribution in [-0.2, 0) is 4.79 Å². The van der Waals surface area contributed by atoms with Crippen LogP contribution in [0, 0.1) is 12.8 Å². The molecule has 0 aromatic heterocycles. The molecule has 0 spiro atoms. The van der Waals surface area contributed by atoms with Gasteiger partial charge in [0, 0.05) is 10.0 Å². The Balaban J connectivity index is 1.72. The van der Waals surface area contributed by atoms with Crippen LogP contribution in [-0.4, -0.2) is 31.1 Å². The zero-order valence-electron chi connectivity index (χ0n) is 17.6. The molecule has 6 nitrogen and oxygen atoms in total. The number of hydrogen-bond donors (Lipinski definition) is 2. The smallest absolute Gasteiger partial charge is 0.251 e. The molecular formula is C23H27BrN2O4. The van der Waals surface area contributed by atoms with E-state index in [0.717, 1.165) is 15.6 Å². The Morgan fingerprint density at radius 1 is 1.00 bits per heavy atom. The van der Waals surface area contributed by atoms with Gasteiger partial charge in [0.2, 0.25) is 5.91 Å². The minimum atomic E-state index is -0.656. The number of benzene rings is 2. The molecule has 0 saturated heterocycles. The third-order valence-electron chi connectivity index (χ3n) is 5.00. The molecule has 0 saturated carbocycles. The molecule has 2 unspecified atom stereocenters. The second-order valence-corrected chi connectivity index (χ2v) is 8.67. The fraction of sp³-hybridized carbons (Fsp3) is 0.391. The number of carbonyl (C=O) groups is 2. The molecule has 2 atom stereocenters. The van der Waals surface area contributed by atoms with E-state index < -0.39 is 6.04 Å². The quantitative estimate of drug-likeness (QED) is 0.658. The first-order valence-electron chi connectivity index (χ1n) is 10.0. The molecule has 2 aromatic rings. The van der Waals surface area contributed by atoms with E-state index in [9.17, 15) is 9.59 Å². The van der Waals surface area contributed by atoms with Crippen molar-refractivity contribution < 1.29 is 19.1 Å². The highest BCUT2D eigenvalue weighted by Gasteiger charge is 2.27.